The molecular formula is C21H22N6O3S2. The Balaban J connectivity index is 1.40. The van der Waals surface area contributed by atoms with E-state index < -0.39 is 5.91 Å². The number of hydrogen-bond acceptors (Lipinski definition) is 7. The zero-order chi connectivity index (χ0) is 22.9. The molecule has 0 aliphatic carbocycles. The van der Waals surface area contributed by atoms with Crippen molar-refractivity contribution >= 4 is 46.9 Å². The van der Waals surface area contributed by atoms with Gasteiger partial charge >= 0.3 is 0 Å². The second-order valence-corrected chi connectivity index (χ2v) is 8.70. The van der Waals surface area contributed by atoms with E-state index in [0.717, 1.165) is 15.6 Å². The smallest absolute Gasteiger partial charge is 0.269 e. The van der Waals surface area contributed by atoms with Crippen LogP contribution in [-0.4, -0.2) is 38.2 Å². The average molecular weight is 471 g/mol. The minimum Gasteiger partial charge on any atom is -0.326 e. The van der Waals surface area contributed by atoms with Crippen molar-refractivity contribution in [2.24, 2.45) is 7.05 Å². The second-order valence-electron chi connectivity index (χ2n) is 6.71. The molecule has 0 radical (unpaired) electrons. The summed E-state index contributed by atoms with van der Waals surface area (Å²) in [6.45, 7) is 1.44. The first-order valence-electron chi connectivity index (χ1n) is 9.56. The highest BCUT2D eigenvalue weighted by Gasteiger charge is 2.09. The van der Waals surface area contributed by atoms with Crippen LogP contribution in [0.15, 0.2) is 64.9 Å². The van der Waals surface area contributed by atoms with Crippen LogP contribution in [0.3, 0.4) is 0 Å². The van der Waals surface area contributed by atoms with Gasteiger partial charge in [-0.15, -0.1) is 22.0 Å². The molecule has 11 heteroatoms. The van der Waals surface area contributed by atoms with E-state index in [1.165, 1.54) is 18.7 Å². The fraction of sp³-hybridized carbons (Fsp3) is 0.190. The number of hydrogen-bond donors (Lipinski definition) is 3. The van der Waals surface area contributed by atoms with Gasteiger partial charge in [-0.2, -0.15) is 0 Å². The molecule has 0 saturated carbocycles. The van der Waals surface area contributed by atoms with Crippen molar-refractivity contribution in [3.05, 3.63) is 66.0 Å². The number of rotatable bonds is 8. The van der Waals surface area contributed by atoms with Gasteiger partial charge in [-0.25, -0.2) is 0 Å². The van der Waals surface area contributed by atoms with Gasteiger partial charge < -0.3 is 9.88 Å². The van der Waals surface area contributed by atoms with Gasteiger partial charge in [0.05, 0.1) is 5.75 Å². The first kappa shape index (κ1) is 23.4. The molecule has 1 heterocycles. The first-order valence-corrected chi connectivity index (χ1v) is 11.5. The van der Waals surface area contributed by atoms with Crippen molar-refractivity contribution < 1.29 is 14.4 Å². The third-order valence-electron chi connectivity index (χ3n) is 4.11. The van der Waals surface area contributed by atoms with Gasteiger partial charge in [-0.05, 0) is 42.0 Å². The molecule has 0 aliphatic rings. The Morgan fingerprint density at radius 1 is 0.969 bits per heavy atom. The SMILES string of the molecule is CC(=O)Nc1ccc(SCC(=O)NNC(=O)c2ccc(CSc3nncn3C)cc2)cc1. The summed E-state index contributed by atoms with van der Waals surface area (Å²) in [7, 11) is 1.88. The molecule has 0 aliphatic heterocycles. The average Bonchev–Trinajstić information content (AvgIpc) is 3.20. The largest absolute Gasteiger partial charge is 0.326 e. The predicted octanol–water partition coefficient (Wildman–Crippen LogP) is 2.62. The lowest BCUT2D eigenvalue weighted by molar-refractivity contribution is -0.119. The van der Waals surface area contributed by atoms with Crippen molar-refractivity contribution in [2.75, 3.05) is 11.1 Å². The number of aryl methyl sites for hydroxylation is 1. The van der Waals surface area contributed by atoms with Crippen LogP contribution in [0, 0.1) is 0 Å². The number of amides is 3. The number of nitrogens with one attached hydrogen (secondary N) is 3. The molecule has 3 aromatic rings. The van der Waals surface area contributed by atoms with Crippen molar-refractivity contribution in [1.82, 2.24) is 25.6 Å². The number of thioether (sulfide) groups is 2. The number of carbonyl (C=O) groups excluding carboxylic acids is 3. The summed E-state index contributed by atoms with van der Waals surface area (Å²) in [5.74, 6) is -0.0240. The predicted molar refractivity (Wildman–Crippen MR) is 124 cm³/mol. The van der Waals surface area contributed by atoms with Gasteiger partial charge in [0, 0.05) is 35.9 Å². The highest BCUT2D eigenvalue weighted by Crippen LogP contribution is 2.21. The maximum Gasteiger partial charge on any atom is 0.269 e. The van der Waals surface area contributed by atoms with E-state index >= 15 is 0 Å². The van der Waals surface area contributed by atoms with Crippen LogP contribution in [0.25, 0.3) is 0 Å². The van der Waals surface area contributed by atoms with Crippen LogP contribution in [0.5, 0.6) is 0 Å². The monoisotopic (exact) mass is 470 g/mol. The van der Waals surface area contributed by atoms with E-state index in [4.69, 9.17) is 0 Å². The van der Waals surface area contributed by atoms with Crippen LogP contribution in [-0.2, 0) is 22.4 Å². The molecule has 3 rings (SSSR count). The van der Waals surface area contributed by atoms with Gasteiger partial charge in [0.2, 0.25) is 11.8 Å². The lowest BCUT2D eigenvalue weighted by Crippen LogP contribution is -2.42. The summed E-state index contributed by atoms with van der Waals surface area (Å²) in [5.41, 5.74) is 7.01. The third kappa shape index (κ3) is 7.13. The number of hydrazine groups is 1. The minimum atomic E-state index is -0.393. The Morgan fingerprint density at radius 2 is 1.69 bits per heavy atom. The van der Waals surface area contributed by atoms with E-state index in [0.29, 0.717) is 17.0 Å². The molecule has 32 heavy (non-hydrogen) atoms. The zero-order valence-corrected chi connectivity index (χ0v) is 19.1. The highest BCUT2D eigenvalue weighted by molar-refractivity contribution is 8.00. The Kier molecular flexibility index (Phi) is 8.28. The van der Waals surface area contributed by atoms with E-state index in [1.807, 2.05) is 35.9 Å². The Morgan fingerprint density at radius 3 is 2.31 bits per heavy atom. The summed E-state index contributed by atoms with van der Waals surface area (Å²) in [6.07, 6.45) is 1.65. The molecular weight excluding hydrogens is 448 g/mol. The van der Waals surface area contributed by atoms with Gasteiger partial charge in [0.1, 0.15) is 6.33 Å². The second kappa shape index (κ2) is 11.3. The number of anilines is 1. The molecule has 3 N–H and O–H groups in total. The Labute approximate surface area is 193 Å². The van der Waals surface area contributed by atoms with Gasteiger partial charge in [-0.3, -0.25) is 25.2 Å². The zero-order valence-electron chi connectivity index (χ0n) is 17.5. The molecule has 166 valence electrons. The van der Waals surface area contributed by atoms with Crippen molar-refractivity contribution in [3.8, 4) is 0 Å². The van der Waals surface area contributed by atoms with Crippen molar-refractivity contribution in [3.63, 3.8) is 0 Å². The summed E-state index contributed by atoms with van der Waals surface area (Å²) in [6, 6.07) is 14.3. The fourth-order valence-electron chi connectivity index (χ4n) is 2.52. The highest BCUT2D eigenvalue weighted by atomic mass is 32.2. The van der Waals surface area contributed by atoms with Crippen molar-refractivity contribution in [2.45, 2.75) is 22.7 Å². The minimum absolute atomic E-state index is 0.137. The standard InChI is InChI=1S/C21H22N6O3S2/c1-14(28)23-17-7-9-18(10-8-17)31-12-19(29)24-25-20(30)16-5-3-15(4-6-16)11-32-21-26-22-13-27(21)2/h3-10,13H,11-12H2,1-2H3,(H,23,28)(H,24,29)(H,25,30). The molecule has 0 spiro atoms. The van der Waals surface area contributed by atoms with E-state index in [9.17, 15) is 14.4 Å². The fourth-order valence-corrected chi connectivity index (χ4v) is 4.07. The third-order valence-corrected chi connectivity index (χ3v) is 6.23. The maximum atomic E-state index is 12.3. The summed E-state index contributed by atoms with van der Waals surface area (Å²) >= 11 is 2.87. The molecule has 3 amide bonds. The lowest BCUT2D eigenvalue weighted by Gasteiger charge is -2.08. The first-order chi connectivity index (χ1) is 15.4. The number of benzene rings is 2. The molecule has 9 nitrogen and oxygen atoms in total. The van der Waals surface area contributed by atoms with E-state index in [-0.39, 0.29) is 17.6 Å². The van der Waals surface area contributed by atoms with E-state index in [1.54, 1.807) is 42.4 Å². The Bertz CT molecular complexity index is 1080. The van der Waals surface area contributed by atoms with Crippen LogP contribution >= 0.6 is 23.5 Å². The Hall–Kier alpha value is -3.31. The van der Waals surface area contributed by atoms with Gasteiger partial charge in [0.15, 0.2) is 5.16 Å². The van der Waals surface area contributed by atoms with Crippen LogP contribution in [0.4, 0.5) is 5.69 Å². The van der Waals surface area contributed by atoms with Crippen LogP contribution in [0.1, 0.15) is 22.8 Å². The summed E-state index contributed by atoms with van der Waals surface area (Å²) < 4.78 is 1.84. The number of aromatic nitrogens is 3. The molecule has 0 atom stereocenters. The molecule has 0 saturated heterocycles. The molecule has 0 bridgehead atoms. The summed E-state index contributed by atoms with van der Waals surface area (Å²) in [5, 5.41) is 11.4. The molecule has 1 aromatic heterocycles. The topological polar surface area (TPSA) is 118 Å². The van der Waals surface area contributed by atoms with Crippen molar-refractivity contribution in [1.29, 1.82) is 0 Å². The van der Waals surface area contributed by atoms with Crippen LogP contribution in [0.2, 0.25) is 0 Å². The number of carbonyl (C=O) groups is 3. The summed E-state index contributed by atoms with van der Waals surface area (Å²) in [4.78, 5) is 36.2. The van der Waals surface area contributed by atoms with Crippen LogP contribution < -0.4 is 16.2 Å². The quantitative estimate of drug-likeness (QED) is 0.342. The van der Waals surface area contributed by atoms with E-state index in [2.05, 4.69) is 26.4 Å². The molecule has 2 aromatic carbocycles. The lowest BCUT2D eigenvalue weighted by atomic mass is 10.1. The number of nitrogens with zero attached hydrogens (tertiary/aromatic N) is 3. The van der Waals surface area contributed by atoms with Gasteiger partial charge in [-0.1, -0.05) is 23.9 Å². The normalized spacial score (nSPS) is 10.4. The molecule has 0 fully saturated rings. The maximum absolute atomic E-state index is 12.3. The molecule has 0 unspecified atom stereocenters. The van der Waals surface area contributed by atoms with Gasteiger partial charge in [0.25, 0.3) is 5.91 Å².